The summed E-state index contributed by atoms with van der Waals surface area (Å²) < 4.78 is 5.73. The second-order valence-electron chi connectivity index (χ2n) is 6.47. The van der Waals surface area contributed by atoms with E-state index in [1.165, 1.54) is 11.1 Å². The van der Waals surface area contributed by atoms with Crippen molar-refractivity contribution < 1.29 is 9.53 Å². The van der Waals surface area contributed by atoms with Crippen LogP contribution in [0.25, 0.3) is 0 Å². The van der Waals surface area contributed by atoms with Gasteiger partial charge in [-0.15, -0.1) is 0 Å². The number of carbonyl (C=O) groups excluding carboxylic acids is 1. The Morgan fingerprint density at radius 3 is 2.65 bits per heavy atom. The van der Waals surface area contributed by atoms with Crippen molar-refractivity contribution in [3.8, 4) is 0 Å². The molecule has 0 aliphatic heterocycles. The van der Waals surface area contributed by atoms with Crippen LogP contribution in [0, 0.1) is 5.92 Å². The summed E-state index contributed by atoms with van der Waals surface area (Å²) >= 11 is 0. The molecule has 2 rings (SSSR count). The molecule has 2 atom stereocenters. The summed E-state index contributed by atoms with van der Waals surface area (Å²) in [6, 6.07) is 8.51. The number of carbonyl (C=O) groups is 1. The molecule has 0 heterocycles. The molecule has 108 valence electrons. The maximum Gasteiger partial charge on any atom is 0.333 e. The highest BCUT2D eigenvalue weighted by atomic mass is 16.6. The summed E-state index contributed by atoms with van der Waals surface area (Å²) in [6.45, 7) is 11.6. The van der Waals surface area contributed by atoms with E-state index in [4.69, 9.17) is 4.74 Å². The van der Waals surface area contributed by atoms with Crippen molar-refractivity contribution in [2.75, 3.05) is 0 Å². The number of esters is 1. The molecule has 0 fully saturated rings. The predicted molar refractivity (Wildman–Crippen MR) is 81.7 cm³/mol. The van der Waals surface area contributed by atoms with E-state index in [-0.39, 0.29) is 11.9 Å². The maximum absolute atomic E-state index is 11.9. The Balaban J connectivity index is 2.35. The Bertz CT molecular complexity index is 528. The third-order valence-electron chi connectivity index (χ3n) is 4.28. The van der Waals surface area contributed by atoms with Gasteiger partial charge in [-0.3, -0.25) is 0 Å². The van der Waals surface area contributed by atoms with E-state index in [0.29, 0.717) is 11.5 Å². The first-order valence-electron chi connectivity index (χ1n) is 7.29. The van der Waals surface area contributed by atoms with Crippen LogP contribution < -0.4 is 0 Å². The SMILES string of the molecule is C=C(C)C(=O)OC(C)(C)C1c2ccccc2CCC1C. The van der Waals surface area contributed by atoms with Gasteiger partial charge in [0.1, 0.15) is 5.60 Å². The second-order valence-corrected chi connectivity index (χ2v) is 6.47. The molecular weight excluding hydrogens is 248 g/mol. The van der Waals surface area contributed by atoms with Gasteiger partial charge in [0.15, 0.2) is 0 Å². The number of hydrogen-bond donors (Lipinski definition) is 0. The lowest BCUT2D eigenvalue weighted by Gasteiger charge is -2.41. The molecule has 2 heteroatoms. The molecule has 0 spiro atoms. The van der Waals surface area contributed by atoms with Crippen molar-refractivity contribution in [1.29, 1.82) is 0 Å². The van der Waals surface area contributed by atoms with Crippen LogP contribution in [0.15, 0.2) is 36.4 Å². The molecule has 0 saturated carbocycles. The molecule has 0 amide bonds. The van der Waals surface area contributed by atoms with Gasteiger partial charge in [0, 0.05) is 11.5 Å². The van der Waals surface area contributed by atoms with Crippen LogP contribution in [0.1, 0.15) is 51.2 Å². The molecule has 1 aromatic rings. The minimum Gasteiger partial charge on any atom is -0.456 e. The molecule has 1 aliphatic carbocycles. The lowest BCUT2D eigenvalue weighted by molar-refractivity contribution is -0.155. The van der Waals surface area contributed by atoms with Crippen LogP contribution in [0.3, 0.4) is 0 Å². The highest BCUT2D eigenvalue weighted by molar-refractivity contribution is 5.87. The van der Waals surface area contributed by atoms with Gasteiger partial charge < -0.3 is 4.74 Å². The summed E-state index contributed by atoms with van der Waals surface area (Å²) in [5.41, 5.74) is 2.64. The summed E-state index contributed by atoms with van der Waals surface area (Å²) in [6.07, 6.45) is 2.24. The molecule has 0 saturated heterocycles. The topological polar surface area (TPSA) is 26.3 Å². The summed E-state index contributed by atoms with van der Waals surface area (Å²) in [5, 5.41) is 0. The molecule has 2 unspecified atom stereocenters. The van der Waals surface area contributed by atoms with Gasteiger partial charge in [-0.05, 0) is 50.7 Å². The van der Waals surface area contributed by atoms with Crippen LogP contribution >= 0.6 is 0 Å². The lowest BCUT2D eigenvalue weighted by Crippen LogP contribution is -2.40. The van der Waals surface area contributed by atoms with Gasteiger partial charge in [0.25, 0.3) is 0 Å². The standard InChI is InChI=1S/C18H24O2/c1-12(2)17(19)20-18(4,5)16-13(3)10-11-14-8-6-7-9-15(14)16/h6-9,13,16H,1,10-11H2,2-5H3. The third kappa shape index (κ3) is 2.79. The first-order chi connectivity index (χ1) is 9.33. The number of ether oxygens (including phenoxy) is 1. The quantitative estimate of drug-likeness (QED) is 0.607. The summed E-state index contributed by atoms with van der Waals surface area (Å²) in [5.74, 6) is 0.429. The van der Waals surface area contributed by atoms with Crippen LogP contribution in [0.4, 0.5) is 0 Å². The zero-order valence-corrected chi connectivity index (χ0v) is 12.9. The third-order valence-corrected chi connectivity index (χ3v) is 4.28. The van der Waals surface area contributed by atoms with Crippen molar-refractivity contribution in [2.24, 2.45) is 5.92 Å². The van der Waals surface area contributed by atoms with Crippen molar-refractivity contribution in [3.05, 3.63) is 47.5 Å². The molecule has 0 N–H and O–H groups in total. The van der Waals surface area contributed by atoms with Crippen molar-refractivity contribution in [2.45, 2.75) is 52.1 Å². The van der Waals surface area contributed by atoms with E-state index in [9.17, 15) is 4.79 Å². The van der Waals surface area contributed by atoms with Gasteiger partial charge in [-0.25, -0.2) is 4.79 Å². The van der Waals surface area contributed by atoms with Crippen LogP contribution in [0.5, 0.6) is 0 Å². The normalized spacial score (nSPS) is 22.0. The fourth-order valence-corrected chi connectivity index (χ4v) is 3.37. The van der Waals surface area contributed by atoms with Gasteiger partial charge in [0.2, 0.25) is 0 Å². The lowest BCUT2D eigenvalue weighted by atomic mass is 9.69. The van der Waals surface area contributed by atoms with E-state index >= 15 is 0 Å². The zero-order valence-electron chi connectivity index (χ0n) is 12.9. The Morgan fingerprint density at radius 2 is 2.00 bits per heavy atom. The van der Waals surface area contributed by atoms with Crippen LogP contribution in [-0.2, 0) is 16.0 Å². The van der Waals surface area contributed by atoms with E-state index in [2.05, 4.69) is 37.8 Å². The molecule has 1 aromatic carbocycles. The maximum atomic E-state index is 11.9. The monoisotopic (exact) mass is 272 g/mol. The molecule has 0 aromatic heterocycles. The predicted octanol–water partition coefficient (Wildman–Crippen LogP) is 4.25. The molecule has 0 radical (unpaired) electrons. The Kier molecular flexibility index (Phi) is 4.03. The molecule has 2 nitrogen and oxygen atoms in total. The summed E-state index contributed by atoms with van der Waals surface area (Å²) in [4.78, 5) is 11.9. The van der Waals surface area contributed by atoms with Gasteiger partial charge in [-0.1, -0.05) is 37.8 Å². The minimum atomic E-state index is -0.522. The smallest absolute Gasteiger partial charge is 0.333 e. The molecule has 20 heavy (non-hydrogen) atoms. The molecule has 1 aliphatic rings. The van der Waals surface area contributed by atoms with Gasteiger partial charge in [-0.2, -0.15) is 0 Å². The Morgan fingerprint density at radius 1 is 1.35 bits per heavy atom. The Hall–Kier alpha value is -1.57. The van der Waals surface area contributed by atoms with E-state index in [0.717, 1.165) is 12.8 Å². The highest BCUT2D eigenvalue weighted by Gasteiger charge is 2.40. The van der Waals surface area contributed by atoms with Crippen molar-refractivity contribution in [3.63, 3.8) is 0 Å². The Labute approximate surface area is 121 Å². The average molecular weight is 272 g/mol. The van der Waals surface area contributed by atoms with Gasteiger partial charge >= 0.3 is 5.97 Å². The second kappa shape index (κ2) is 5.43. The summed E-state index contributed by atoms with van der Waals surface area (Å²) in [7, 11) is 0. The first kappa shape index (κ1) is 14.8. The van der Waals surface area contributed by atoms with E-state index in [1.54, 1.807) is 6.92 Å². The average Bonchev–Trinajstić information content (AvgIpc) is 2.37. The fraction of sp³-hybridized carbons (Fsp3) is 0.500. The van der Waals surface area contributed by atoms with Gasteiger partial charge in [0.05, 0.1) is 0 Å². The van der Waals surface area contributed by atoms with Crippen molar-refractivity contribution >= 4 is 5.97 Å². The minimum absolute atomic E-state index is 0.232. The van der Waals surface area contributed by atoms with E-state index < -0.39 is 5.60 Å². The molecule has 0 bridgehead atoms. The largest absolute Gasteiger partial charge is 0.456 e. The number of fused-ring (bicyclic) bond motifs is 1. The highest BCUT2D eigenvalue weighted by Crippen LogP contribution is 2.44. The first-order valence-corrected chi connectivity index (χ1v) is 7.29. The number of aryl methyl sites for hydroxylation is 1. The number of rotatable bonds is 3. The molecular formula is C18H24O2. The fourth-order valence-electron chi connectivity index (χ4n) is 3.37. The van der Waals surface area contributed by atoms with Crippen molar-refractivity contribution in [1.82, 2.24) is 0 Å². The zero-order chi connectivity index (χ0) is 14.9. The number of benzene rings is 1. The number of hydrogen-bond acceptors (Lipinski definition) is 2. The van der Waals surface area contributed by atoms with E-state index in [1.807, 2.05) is 13.8 Å². The van der Waals surface area contributed by atoms with Crippen LogP contribution in [0.2, 0.25) is 0 Å². The van der Waals surface area contributed by atoms with Crippen LogP contribution in [-0.4, -0.2) is 11.6 Å².